The molecule has 1 aromatic carbocycles. The fraction of sp³-hybridized carbons (Fsp3) is 0.514. The summed E-state index contributed by atoms with van der Waals surface area (Å²) in [6.45, 7) is 10.6. The highest BCUT2D eigenvalue weighted by Crippen LogP contribution is 2.72. The van der Waals surface area contributed by atoms with E-state index in [9.17, 15) is 24.3 Å². The van der Waals surface area contributed by atoms with Crippen LogP contribution in [0.3, 0.4) is 0 Å². The maximum absolute atomic E-state index is 17.8. The lowest BCUT2D eigenvalue weighted by atomic mass is 9.44. The number of alkyl halides is 2. The molecule has 4 aliphatic carbocycles. The molecule has 7 nitrogen and oxygen atoms in total. The molecule has 0 spiro atoms. The van der Waals surface area contributed by atoms with E-state index >= 15 is 8.78 Å². The van der Waals surface area contributed by atoms with Crippen molar-refractivity contribution in [2.24, 2.45) is 28.6 Å². The number of halogens is 2. The first-order valence-electron chi connectivity index (χ1n) is 16.0. The minimum absolute atomic E-state index is 0.000189. The van der Waals surface area contributed by atoms with Gasteiger partial charge in [-0.1, -0.05) is 49.4 Å². The third kappa shape index (κ3) is 4.68. The monoisotopic (exact) mass is 666 g/mol. The quantitative estimate of drug-likeness (QED) is 0.265. The standard InChI is InChI=1S/C37H40F2O7S/c1-19-12-20(2)31(21(3)13-19)28(41)18-47-33(44)37(46-32(43)29-8-7-11-45-29)22(4)14-24-25-16-27(38)26-15-23(40)9-10-34(26,5)36(25,39)30(42)17-35(24,37)6/h7-13,15,22,24-25,27,30,42H,14,16-18H2,1-6H3/t22-,24+,25+,27+,30+,34+,35+,36+,37+/m1/s1. The molecule has 1 aromatic heterocycles. The van der Waals surface area contributed by atoms with Crippen LogP contribution in [0, 0.1) is 49.4 Å². The molecule has 1 heterocycles. The molecule has 47 heavy (non-hydrogen) atoms. The molecule has 0 saturated heterocycles. The number of rotatable bonds is 6. The van der Waals surface area contributed by atoms with E-state index in [-0.39, 0.29) is 42.1 Å². The number of hydrogen-bond acceptors (Lipinski definition) is 8. The van der Waals surface area contributed by atoms with E-state index in [0.29, 0.717) is 5.56 Å². The van der Waals surface area contributed by atoms with Crippen LogP contribution in [0.2, 0.25) is 0 Å². The highest BCUT2D eigenvalue weighted by molar-refractivity contribution is 8.14. The van der Waals surface area contributed by atoms with Gasteiger partial charge in [-0.25, -0.2) is 13.6 Å². The number of allylic oxidation sites excluding steroid dienone is 4. The Hall–Kier alpha value is -3.37. The molecule has 0 unspecified atom stereocenters. The lowest BCUT2D eigenvalue weighted by molar-refractivity contribution is -0.221. The van der Waals surface area contributed by atoms with Gasteiger partial charge >= 0.3 is 5.97 Å². The zero-order valence-electron chi connectivity index (χ0n) is 27.4. The number of carbonyl (C=O) groups is 4. The Morgan fingerprint density at radius 1 is 1.11 bits per heavy atom. The van der Waals surface area contributed by atoms with Crippen LogP contribution in [-0.2, 0) is 14.3 Å². The second-order valence-corrected chi connectivity index (χ2v) is 15.3. The van der Waals surface area contributed by atoms with Crippen molar-refractivity contribution in [2.45, 2.75) is 84.4 Å². The van der Waals surface area contributed by atoms with E-state index in [0.717, 1.165) is 34.5 Å². The zero-order valence-corrected chi connectivity index (χ0v) is 28.2. The summed E-state index contributed by atoms with van der Waals surface area (Å²) < 4.78 is 45.3. The van der Waals surface area contributed by atoms with Crippen LogP contribution in [0.5, 0.6) is 0 Å². The molecule has 1 N–H and O–H groups in total. The van der Waals surface area contributed by atoms with Crippen LogP contribution in [0.4, 0.5) is 8.78 Å². The summed E-state index contributed by atoms with van der Waals surface area (Å²) in [4.78, 5) is 53.9. The number of esters is 1. The van der Waals surface area contributed by atoms with Crippen LogP contribution >= 0.6 is 11.8 Å². The smallest absolute Gasteiger partial charge is 0.375 e. The number of furan rings is 1. The van der Waals surface area contributed by atoms with Gasteiger partial charge in [0.2, 0.25) is 10.9 Å². The van der Waals surface area contributed by atoms with Gasteiger partial charge in [0.15, 0.2) is 22.8 Å². The van der Waals surface area contributed by atoms with Gasteiger partial charge < -0.3 is 14.3 Å². The fourth-order valence-electron chi connectivity index (χ4n) is 9.74. The number of hydrogen-bond donors (Lipinski definition) is 1. The van der Waals surface area contributed by atoms with Gasteiger partial charge in [-0.05, 0) is 93.9 Å². The number of carbonyl (C=O) groups excluding carboxylic acids is 4. The number of fused-ring (bicyclic) bond motifs is 5. The summed E-state index contributed by atoms with van der Waals surface area (Å²) in [6, 6.07) is 6.71. The van der Waals surface area contributed by atoms with E-state index in [1.807, 2.05) is 32.9 Å². The van der Waals surface area contributed by atoms with Gasteiger partial charge in [0, 0.05) is 28.2 Å². The van der Waals surface area contributed by atoms with Crippen LogP contribution < -0.4 is 0 Å². The molecular formula is C37H40F2O7S. The Labute approximate surface area is 277 Å². The Balaban J connectivity index is 1.41. The second kappa shape index (κ2) is 11.4. The van der Waals surface area contributed by atoms with Gasteiger partial charge in [-0.3, -0.25) is 14.4 Å². The van der Waals surface area contributed by atoms with Gasteiger partial charge in [-0.15, -0.1) is 0 Å². The van der Waals surface area contributed by atoms with Crippen molar-refractivity contribution < 1.29 is 42.2 Å². The number of ether oxygens (including phenoxy) is 1. The molecule has 0 bridgehead atoms. The van der Waals surface area contributed by atoms with E-state index in [1.54, 1.807) is 13.8 Å². The first-order valence-corrected chi connectivity index (χ1v) is 17.0. The Bertz CT molecular complexity index is 1710. The summed E-state index contributed by atoms with van der Waals surface area (Å²) in [5.74, 6) is -4.43. The number of thioether (sulfide) groups is 1. The zero-order chi connectivity index (χ0) is 34.3. The summed E-state index contributed by atoms with van der Waals surface area (Å²) in [5, 5.41) is 11.2. The summed E-state index contributed by atoms with van der Waals surface area (Å²) in [6.07, 6.45) is 1.26. The average molecular weight is 667 g/mol. The van der Waals surface area contributed by atoms with Crippen molar-refractivity contribution in [2.75, 3.05) is 5.75 Å². The molecule has 10 heteroatoms. The predicted molar refractivity (Wildman–Crippen MR) is 172 cm³/mol. The molecule has 2 aromatic rings. The number of benzene rings is 1. The van der Waals surface area contributed by atoms with Crippen molar-refractivity contribution in [3.05, 3.63) is 82.3 Å². The van der Waals surface area contributed by atoms with Gasteiger partial charge in [0.1, 0.15) is 6.17 Å². The van der Waals surface area contributed by atoms with Crippen LogP contribution in [0.15, 0.2) is 58.7 Å². The van der Waals surface area contributed by atoms with Crippen molar-refractivity contribution >= 4 is 34.4 Å². The molecule has 4 aliphatic rings. The van der Waals surface area contributed by atoms with Crippen LogP contribution in [0.25, 0.3) is 0 Å². The Morgan fingerprint density at radius 2 is 1.79 bits per heavy atom. The molecule has 3 saturated carbocycles. The maximum Gasteiger partial charge on any atom is 0.375 e. The van der Waals surface area contributed by atoms with Crippen molar-refractivity contribution in [1.82, 2.24) is 0 Å². The molecule has 0 amide bonds. The van der Waals surface area contributed by atoms with E-state index < -0.39 is 69.0 Å². The topological polar surface area (TPSA) is 111 Å². The van der Waals surface area contributed by atoms with Gasteiger partial charge in [0.05, 0.1) is 18.1 Å². The largest absolute Gasteiger partial charge is 0.457 e. The Morgan fingerprint density at radius 3 is 2.43 bits per heavy atom. The van der Waals surface area contributed by atoms with Crippen LogP contribution in [0.1, 0.15) is 77.6 Å². The third-order valence-electron chi connectivity index (χ3n) is 11.7. The number of Topliss-reactive ketones (excluding diaryl/α,β-unsaturated/α-hetero) is 1. The lowest BCUT2D eigenvalue weighted by Gasteiger charge is -2.63. The van der Waals surface area contributed by atoms with E-state index in [2.05, 4.69) is 0 Å². The maximum atomic E-state index is 17.8. The molecule has 6 rings (SSSR count). The first-order chi connectivity index (χ1) is 22.0. The number of ketones is 2. The lowest BCUT2D eigenvalue weighted by Crippen LogP contribution is -2.70. The highest BCUT2D eigenvalue weighted by Gasteiger charge is 2.78. The summed E-state index contributed by atoms with van der Waals surface area (Å²) >= 11 is 0.739. The molecular weight excluding hydrogens is 626 g/mol. The van der Waals surface area contributed by atoms with E-state index in [4.69, 9.17) is 9.15 Å². The van der Waals surface area contributed by atoms with Crippen molar-refractivity contribution in [3.8, 4) is 0 Å². The number of aliphatic hydroxyl groups is 1. The first kappa shape index (κ1) is 33.5. The van der Waals surface area contributed by atoms with Gasteiger partial charge in [0.25, 0.3) is 0 Å². The van der Waals surface area contributed by atoms with Crippen LogP contribution in [-0.4, -0.2) is 57.1 Å². The number of aliphatic hydroxyl groups excluding tert-OH is 1. The fourth-order valence-corrected chi connectivity index (χ4v) is 10.8. The van der Waals surface area contributed by atoms with E-state index in [1.165, 1.54) is 37.5 Å². The average Bonchev–Trinajstić information content (AvgIpc) is 3.60. The second-order valence-electron chi connectivity index (χ2n) is 14.4. The molecule has 0 aliphatic heterocycles. The van der Waals surface area contributed by atoms with Crippen molar-refractivity contribution in [3.63, 3.8) is 0 Å². The minimum Gasteiger partial charge on any atom is -0.457 e. The highest BCUT2D eigenvalue weighted by atomic mass is 32.2. The third-order valence-corrected chi connectivity index (χ3v) is 12.7. The minimum atomic E-state index is -2.36. The Kier molecular flexibility index (Phi) is 8.11. The SMILES string of the molecule is Cc1cc(C)c(C(=O)CSC(=O)[C@@]2(OC(=O)c3ccco3)[C@H](C)C[C@H]3[C@@H]4C[C@H](F)C5=CC(=O)C=C[C@]5(C)[C@@]4(F)[C@@H](O)C[C@@]32C)c(C)c1. The molecule has 9 atom stereocenters. The molecule has 0 radical (unpaired) electrons. The van der Waals surface area contributed by atoms with Gasteiger partial charge in [-0.2, -0.15) is 0 Å². The summed E-state index contributed by atoms with van der Waals surface area (Å²) in [5.41, 5.74) is -4.12. The predicted octanol–water partition coefficient (Wildman–Crippen LogP) is 6.81. The molecule has 3 fully saturated rings. The van der Waals surface area contributed by atoms with Crippen molar-refractivity contribution in [1.29, 1.82) is 0 Å². The molecule has 250 valence electrons. The normalized spacial score (nSPS) is 37.4. The number of aryl methyl sites for hydroxylation is 3. The summed E-state index contributed by atoms with van der Waals surface area (Å²) in [7, 11) is 0.